The molecule has 3 rings (SSSR count). The SMILES string of the molecule is CCC(=O)N(c1nnc(SCC(=O)c2cccs2)s1)C1CC1. The van der Waals surface area contributed by atoms with Crippen LogP contribution in [0.5, 0.6) is 0 Å². The maximum atomic E-state index is 12.0. The first-order chi connectivity index (χ1) is 10.7. The lowest BCUT2D eigenvalue weighted by molar-refractivity contribution is -0.118. The van der Waals surface area contributed by atoms with Crippen molar-refractivity contribution in [3.8, 4) is 0 Å². The molecule has 8 heteroatoms. The lowest BCUT2D eigenvalue weighted by Gasteiger charge is -2.17. The fraction of sp³-hybridized carbons (Fsp3) is 0.429. The third-order valence-corrected chi connectivity index (χ3v) is 6.17. The summed E-state index contributed by atoms with van der Waals surface area (Å²) in [5.41, 5.74) is 0. The molecule has 2 aromatic heterocycles. The molecule has 0 atom stereocenters. The molecule has 0 N–H and O–H groups in total. The van der Waals surface area contributed by atoms with E-state index < -0.39 is 0 Å². The van der Waals surface area contributed by atoms with Gasteiger partial charge in [0.2, 0.25) is 11.0 Å². The molecule has 0 radical (unpaired) electrons. The number of amides is 1. The number of rotatable bonds is 7. The highest BCUT2D eigenvalue weighted by molar-refractivity contribution is 8.01. The van der Waals surface area contributed by atoms with Gasteiger partial charge in [0.05, 0.1) is 10.6 Å². The second-order valence-electron chi connectivity index (χ2n) is 4.89. The number of hydrogen-bond acceptors (Lipinski definition) is 7. The Balaban J connectivity index is 1.63. The number of Topliss-reactive ketones (excluding diaryl/α,β-unsaturated/α-hetero) is 1. The molecule has 22 heavy (non-hydrogen) atoms. The molecule has 1 amide bonds. The zero-order valence-corrected chi connectivity index (χ0v) is 14.5. The van der Waals surface area contributed by atoms with Gasteiger partial charge >= 0.3 is 0 Å². The van der Waals surface area contributed by atoms with Crippen molar-refractivity contribution in [2.24, 2.45) is 0 Å². The monoisotopic (exact) mass is 353 g/mol. The third kappa shape index (κ3) is 3.56. The van der Waals surface area contributed by atoms with Crippen molar-refractivity contribution >= 4 is 51.3 Å². The van der Waals surface area contributed by atoms with Crippen molar-refractivity contribution in [1.29, 1.82) is 0 Å². The standard InChI is InChI=1S/C14H15N3O2S3/c1-2-12(19)17(9-5-6-9)13-15-16-14(22-13)21-8-10(18)11-4-3-7-20-11/h3-4,7,9H,2,5-6,8H2,1H3. The minimum absolute atomic E-state index is 0.0878. The second-order valence-corrected chi connectivity index (χ2v) is 8.01. The summed E-state index contributed by atoms with van der Waals surface area (Å²) in [5, 5.41) is 10.8. The Labute approximate surface area is 140 Å². The Morgan fingerprint density at radius 3 is 2.86 bits per heavy atom. The number of thioether (sulfide) groups is 1. The van der Waals surface area contributed by atoms with Gasteiger partial charge in [-0.1, -0.05) is 36.1 Å². The number of carbonyl (C=O) groups is 2. The van der Waals surface area contributed by atoms with E-state index in [4.69, 9.17) is 0 Å². The summed E-state index contributed by atoms with van der Waals surface area (Å²) in [6.07, 6.45) is 2.53. The van der Waals surface area contributed by atoms with Gasteiger partial charge in [0, 0.05) is 12.5 Å². The molecule has 0 unspecified atom stereocenters. The molecule has 1 fully saturated rings. The van der Waals surface area contributed by atoms with E-state index in [0.29, 0.717) is 17.3 Å². The van der Waals surface area contributed by atoms with Crippen molar-refractivity contribution in [3.05, 3.63) is 22.4 Å². The Bertz CT molecular complexity index is 665. The summed E-state index contributed by atoms with van der Waals surface area (Å²) in [4.78, 5) is 26.5. The van der Waals surface area contributed by atoms with Gasteiger partial charge in [-0.2, -0.15) is 0 Å². The lowest BCUT2D eigenvalue weighted by atomic mass is 10.4. The summed E-state index contributed by atoms with van der Waals surface area (Å²) in [5.74, 6) is 0.533. The van der Waals surface area contributed by atoms with Crippen LogP contribution in [0.2, 0.25) is 0 Å². The number of carbonyl (C=O) groups excluding carboxylic acids is 2. The molecule has 5 nitrogen and oxygen atoms in total. The Morgan fingerprint density at radius 2 is 2.23 bits per heavy atom. The van der Waals surface area contributed by atoms with Crippen LogP contribution < -0.4 is 4.90 Å². The van der Waals surface area contributed by atoms with Crippen LogP contribution in [0.3, 0.4) is 0 Å². The highest BCUT2D eigenvalue weighted by atomic mass is 32.2. The maximum absolute atomic E-state index is 12.0. The predicted octanol–water partition coefficient (Wildman–Crippen LogP) is 3.48. The molecule has 0 spiro atoms. The van der Waals surface area contributed by atoms with Crippen LogP contribution in [0.25, 0.3) is 0 Å². The first-order valence-corrected chi connectivity index (χ1v) is 9.72. The summed E-state index contributed by atoms with van der Waals surface area (Å²) in [6.45, 7) is 1.86. The molecule has 116 valence electrons. The highest BCUT2D eigenvalue weighted by Crippen LogP contribution is 2.36. The number of thiophene rings is 1. The van der Waals surface area contributed by atoms with Gasteiger partial charge in [-0.05, 0) is 24.3 Å². The largest absolute Gasteiger partial charge is 0.292 e. The van der Waals surface area contributed by atoms with E-state index in [0.717, 1.165) is 22.1 Å². The van der Waals surface area contributed by atoms with Crippen LogP contribution in [0.15, 0.2) is 21.9 Å². The van der Waals surface area contributed by atoms with E-state index >= 15 is 0 Å². The molecular weight excluding hydrogens is 338 g/mol. The van der Waals surface area contributed by atoms with Crippen LogP contribution in [0.1, 0.15) is 35.9 Å². The van der Waals surface area contributed by atoms with Crippen molar-refractivity contribution in [3.63, 3.8) is 0 Å². The van der Waals surface area contributed by atoms with Gasteiger partial charge in [0.1, 0.15) is 0 Å². The van der Waals surface area contributed by atoms with Gasteiger partial charge in [-0.15, -0.1) is 21.5 Å². The van der Waals surface area contributed by atoms with Gasteiger partial charge in [0.25, 0.3) is 0 Å². The number of anilines is 1. The number of hydrogen-bond donors (Lipinski definition) is 0. The molecule has 1 aliphatic rings. The molecule has 0 saturated heterocycles. The summed E-state index contributed by atoms with van der Waals surface area (Å²) >= 11 is 4.22. The molecule has 2 heterocycles. The zero-order chi connectivity index (χ0) is 15.5. The van der Waals surface area contributed by atoms with Crippen molar-refractivity contribution in [2.75, 3.05) is 10.7 Å². The lowest BCUT2D eigenvalue weighted by Crippen LogP contribution is -2.32. The first kappa shape index (κ1) is 15.6. The molecule has 0 aromatic carbocycles. The molecule has 0 bridgehead atoms. The van der Waals surface area contributed by atoms with E-state index in [9.17, 15) is 9.59 Å². The van der Waals surface area contributed by atoms with Crippen molar-refractivity contribution in [2.45, 2.75) is 36.6 Å². The van der Waals surface area contributed by atoms with E-state index in [1.54, 1.807) is 4.90 Å². The Morgan fingerprint density at radius 1 is 1.41 bits per heavy atom. The van der Waals surface area contributed by atoms with Crippen LogP contribution in [-0.2, 0) is 4.79 Å². The second kappa shape index (κ2) is 6.89. The molecule has 0 aliphatic heterocycles. The van der Waals surface area contributed by atoms with Crippen LogP contribution in [0.4, 0.5) is 5.13 Å². The Hall–Kier alpha value is -1.25. The molecule has 2 aromatic rings. The van der Waals surface area contributed by atoms with E-state index in [1.165, 1.54) is 34.4 Å². The minimum atomic E-state index is 0.0878. The topological polar surface area (TPSA) is 63.2 Å². The predicted molar refractivity (Wildman–Crippen MR) is 90.1 cm³/mol. The number of aromatic nitrogens is 2. The third-order valence-electron chi connectivity index (χ3n) is 3.21. The van der Waals surface area contributed by atoms with Crippen molar-refractivity contribution in [1.82, 2.24) is 10.2 Å². The average Bonchev–Trinajstić information content (AvgIpc) is 3.04. The summed E-state index contributed by atoms with van der Waals surface area (Å²) in [7, 11) is 0. The van der Waals surface area contributed by atoms with Crippen LogP contribution in [0, 0.1) is 0 Å². The van der Waals surface area contributed by atoms with Gasteiger partial charge < -0.3 is 0 Å². The van der Waals surface area contributed by atoms with E-state index in [1.807, 2.05) is 24.4 Å². The van der Waals surface area contributed by atoms with Gasteiger partial charge in [0.15, 0.2) is 10.1 Å². The molecular formula is C14H15N3O2S3. The van der Waals surface area contributed by atoms with E-state index in [2.05, 4.69) is 10.2 Å². The van der Waals surface area contributed by atoms with E-state index in [-0.39, 0.29) is 17.7 Å². The summed E-state index contributed by atoms with van der Waals surface area (Å²) < 4.78 is 0.731. The number of ketones is 1. The summed E-state index contributed by atoms with van der Waals surface area (Å²) in [6, 6.07) is 3.98. The quantitative estimate of drug-likeness (QED) is 0.433. The fourth-order valence-electron chi connectivity index (χ4n) is 1.96. The first-order valence-electron chi connectivity index (χ1n) is 7.04. The average molecular weight is 353 g/mol. The molecule has 1 saturated carbocycles. The smallest absolute Gasteiger partial charge is 0.228 e. The van der Waals surface area contributed by atoms with Crippen LogP contribution in [-0.4, -0.2) is 33.7 Å². The highest BCUT2D eigenvalue weighted by Gasteiger charge is 2.35. The van der Waals surface area contributed by atoms with Crippen LogP contribution >= 0.6 is 34.4 Å². The Kier molecular flexibility index (Phi) is 4.90. The fourth-order valence-corrected chi connectivity index (χ4v) is 4.53. The maximum Gasteiger partial charge on any atom is 0.228 e. The van der Waals surface area contributed by atoms with Crippen molar-refractivity contribution < 1.29 is 9.59 Å². The zero-order valence-electron chi connectivity index (χ0n) is 12.0. The number of nitrogens with zero attached hydrogens (tertiary/aromatic N) is 3. The molecule has 1 aliphatic carbocycles. The minimum Gasteiger partial charge on any atom is -0.292 e. The van der Waals surface area contributed by atoms with Gasteiger partial charge in [-0.3, -0.25) is 14.5 Å². The normalized spacial score (nSPS) is 14.0. The van der Waals surface area contributed by atoms with Gasteiger partial charge in [-0.25, -0.2) is 0 Å².